The Morgan fingerprint density at radius 3 is 2.45 bits per heavy atom. The summed E-state index contributed by atoms with van der Waals surface area (Å²) < 4.78 is 6.75. The van der Waals surface area contributed by atoms with Crippen molar-refractivity contribution in [1.82, 2.24) is 4.98 Å². The lowest BCUT2D eigenvalue weighted by atomic mass is 10.2. The van der Waals surface area contributed by atoms with Crippen molar-refractivity contribution in [3.05, 3.63) is 46.1 Å². The van der Waals surface area contributed by atoms with E-state index in [1.807, 2.05) is 32.9 Å². The first-order chi connectivity index (χ1) is 10.4. The number of aromatic nitrogens is 1. The minimum atomic E-state index is 0.168. The zero-order valence-corrected chi connectivity index (χ0v) is 15.4. The number of halogens is 1. The first kappa shape index (κ1) is 16.8. The molecule has 1 heterocycles. The Bertz CT molecular complexity index is 635. The number of rotatable bonds is 5. The molecule has 0 radical (unpaired) electrons. The van der Waals surface area contributed by atoms with Crippen LogP contribution in [0.25, 0.3) is 0 Å². The molecule has 0 saturated carbocycles. The van der Waals surface area contributed by atoms with E-state index in [9.17, 15) is 0 Å². The van der Waals surface area contributed by atoms with E-state index in [4.69, 9.17) is 4.74 Å². The minimum absolute atomic E-state index is 0.168. The molecule has 2 aromatic rings. The Kier molecular flexibility index (Phi) is 5.46. The van der Waals surface area contributed by atoms with Crippen molar-refractivity contribution in [1.29, 1.82) is 0 Å². The first-order valence-corrected chi connectivity index (χ1v) is 8.39. The lowest BCUT2D eigenvalue weighted by Crippen LogP contribution is -2.18. The average Bonchev–Trinajstić information content (AvgIpc) is 2.40. The fraction of sp³-hybridized carbons (Fsp3) is 0.389. The van der Waals surface area contributed by atoms with Gasteiger partial charge in [0.15, 0.2) is 0 Å². The highest BCUT2D eigenvalue weighted by molar-refractivity contribution is 9.10. The molecule has 0 aliphatic rings. The second-order valence-electron chi connectivity index (χ2n) is 5.67. The summed E-state index contributed by atoms with van der Waals surface area (Å²) in [5, 5.41) is 0. The molecular weight excluding hydrogens is 340 g/mol. The lowest BCUT2D eigenvalue weighted by molar-refractivity contribution is 0.242. The first-order valence-electron chi connectivity index (χ1n) is 7.59. The van der Waals surface area contributed by atoms with Gasteiger partial charge in [-0.15, -0.1) is 0 Å². The second kappa shape index (κ2) is 7.14. The largest absolute Gasteiger partial charge is 0.491 e. The maximum Gasteiger partial charge on any atom is 0.133 e. The SMILES string of the molecule is CCN(c1cc(C)cc(C)n1)c1ccc(OC(C)C)cc1Br. The van der Waals surface area contributed by atoms with Gasteiger partial charge in [-0.05, 0) is 86.4 Å². The highest BCUT2D eigenvalue weighted by Gasteiger charge is 2.14. The van der Waals surface area contributed by atoms with Crippen LogP contribution in [0.3, 0.4) is 0 Å². The van der Waals surface area contributed by atoms with E-state index >= 15 is 0 Å². The third-order valence-electron chi connectivity index (χ3n) is 3.26. The van der Waals surface area contributed by atoms with Crippen LogP contribution in [-0.2, 0) is 0 Å². The third-order valence-corrected chi connectivity index (χ3v) is 3.89. The summed E-state index contributed by atoms with van der Waals surface area (Å²) >= 11 is 3.66. The molecule has 0 atom stereocenters. The summed E-state index contributed by atoms with van der Waals surface area (Å²) in [7, 11) is 0. The molecule has 3 nitrogen and oxygen atoms in total. The molecule has 22 heavy (non-hydrogen) atoms. The van der Waals surface area contributed by atoms with Gasteiger partial charge < -0.3 is 9.64 Å². The predicted octanol–water partition coefficient (Wildman–Crippen LogP) is 5.41. The smallest absolute Gasteiger partial charge is 0.133 e. The van der Waals surface area contributed by atoms with Crippen molar-refractivity contribution in [2.45, 2.75) is 40.7 Å². The van der Waals surface area contributed by atoms with Crippen LogP contribution in [0.2, 0.25) is 0 Å². The summed E-state index contributed by atoms with van der Waals surface area (Å²) in [6.07, 6.45) is 0.168. The van der Waals surface area contributed by atoms with Crippen LogP contribution in [0.15, 0.2) is 34.8 Å². The van der Waals surface area contributed by atoms with Gasteiger partial charge in [0, 0.05) is 16.7 Å². The van der Waals surface area contributed by atoms with E-state index in [1.165, 1.54) is 5.56 Å². The Balaban J connectivity index is 2.38. The highest BCUT2D eigenvalue weighted by atomic mass is 79.9. The lowest BCUT2D eigenvalue weighted by Gasteiger charge is -2.24. The van der Waals surface area contributed by atoms with Crippen LogP contribution >= 0.6 is 15.9 Å². The van der Waals surface area contributed by atoms with Crippen molar-refractivity contribution in [3.63, 3.8) is 0 Å². The number of hydrogen-bond acceptors (Lipinski definition) is 3. The van der Waals surface area contributed by atoms with Crippen molar-refractivity contribution in [2.24, 2.45) is 0 Å². The van der Waals surface area contributed by atoms with Gasteiger partial charge in [-0.1, -0.05) is 0 Å². The van der Waals surface area contributed by atoms with Gasteiger partial charge in [0.1, 0.15) is 11.6 Å². The van der Waals surface area contributed by atoms with E-state index in [2.05, 4.69) is 57.9 Å². The Morgan fingerprint density at radius 1 is 1.18 bits per heavy atom. The van der Waals surface area contributed by atoms with Gasteiger partial charge in [0.25, 0.3) is 0 Å². The molecule has 0 fully saturated rings. The summed E-state index contributed by atoms with van der Waals surface area (Å²) in [6, 6.07) is 10.3. The average molecular weight is 363 g/mol. The zero-order chi connectivity index (χ0) is 16.3. The number of benzene rings is 1. The fourth-order valence-corrected chi connectivity index (χ4v) is 3.04. The van der Waals surface area contributed by atoms with Gasteiger partial charge in [0.2, 0.25) is 0 Å². The summed E-state index contributed by atoms with van der Waals surface area (Å²) in [5.74, 6) is 1.84. The molecular formula is C18H23BrN2O. The maximum absolute atomic E-state index is 5.74. The summed E-state index contributed by atoms with van der Waals surface area (Å²) in [5.41, 5.74) is 3.34. The van der Waals surface area contributed by atoms with E-state index < -0.39 is 0 Å². The van der Waals surface area contributed by atoms with Crippen LogP contribution in [-0.4, -0.2) is 17.6 Å². The quantitative estimate of drug-likeness (QED) is 0.711. The molecule has 2 rings (SSSR count). The Hall–Kier alpha value is -1.55. The number of nitrogens with zero attached hydrogens (tertiary/aromatic N) is 2. The van der Waals surface area contributed by atoms with Crippen LogP contribution in [0.5, 0.6) is 5.75 Å². The molecule has 118 valence electrons. The van der Waals surface area contributed by atoms with E-state index in [1.54, 1.807) is 0 Å². The van der Waals surface area contributed by atoms with Crippen LogP contribution < -0.4 is 9.64 Å². The molecule has 1 aromatic heterocycles. The van der Waals surface area contributed by atoms with Crippen LogP contribution in [0, 0.1) is 13.8 Å². The topological polar surface area (TPSA) is 25.4 Å². The van der Waals surface area contributed by atoms with Crippen LogP contribution in [0.1, 0.15) is 32.0 Å². The fourth-order valence-electron chi connectivity index (χ4n) is 2.47. The monoisotopic (exact) mass is 362 g/mol. The number of anilines is 2. The Morgan fingerprint density at radius 2 is 1.91 bits per heavy atom. The molecule has 0 saturated heterocycles. The number of aryl methyl sites for hydroxylation is 2. The Labute approximate surface area is 141 Å². The second-order valence-corrected chi connectivity index (χ2v) is 6.52. The standard InChI is InChI=1S/C18H23BrN2O/c1-6-21(18-10-13(4)9-14(5)20-18)17-8-7-15(11-16(17)19)22-12(2)3/h7-12H,6H2,1-5H3. The van der Waals surface area contributed by atoms with Gasteiger partial charge >= 0.3 is 0 Å². The summed E-state index contributed by atoms with van der Waals surface area (Å²) in [4.78, 5) is 6.86. The zero-order valence-electron chi connectivity index (χ0n) is 13.9. The van der Waals surface area contributed by atoms with Crippen LogP contribution in [0.4, 0.5) is 11.5 Å². The van der Waals surface area contributed by atoms with Crippen molar-refractivity contribution in [3.8, 4) is 5.75 Å². The molecule has 4 heteroatoms. The molecule has 1 aromatic carbocycles. The molecule has 0 aliphatic carbocycles. The normalized spacial score (nSPS) is 10.9. The van der Waals surface area contributed by atoms with Crippen molar-refractivity contribution < 1.29 is 4.74 Å². The predicted molar refractivity (Wildman–Crippen MR) is 96.3 cm³/mol. The maximum atomic E-state index is 5.74. The van der Waals surface area contributed by atoms with E-state index in [0.29, 0.717) is 0 Å². The third kappa shape index (κ3) is 4.01. The summed E-state index contributed by atoms with van der Waals surface area (Å²) in [6.45, 7) is 11.2. The molecule has 0 aliphatic heterocycles. The molecule has 0 unspecified atom stereocenters. The molecule has 0 N–H and O–H groups in total. The van der Waals surface area contributed by atoms with Gasteiger partial charge in [-0.25, -0.2) is 4.98 Å². The van der Waals surface area contributed by atoms with Gasteiger partial charge in [-0.3, -0.25) is 0 Å². The van der Waals surface area contributed by atoms with Gasteiger partial charge in [-0.2, -0.15) is 0 Å². The molecule has 0 amide bonds. The van der Waals surface area contributed by atoms with Crippen molar-refractivity contribution >= 4 is 27.4 Å². The molecule has 0 bridgehead atoms. The van der Waals surface area contributed by atoms with E-state index in [0.717, 1.165) is 34.0 Å². The highest BCUT2D eigenvalue weighted by Crippen LogP contribution is 2.34. The van der Waals surface area contributed by atoms with Crippen molar-refractivity contribution in [2.75, 3.05) is 11.4 Å². The van der Waals surface area contributed by atoms with Gasteiger partial charge in [0.05, 0.1) is 11.8 Å². The number of pyridine rings is 1. The van der Waals surface area contributed by atoms with E-state index in [-0.39, 0.29) is 6.10 Å². The minimum Gasteiger partial charge on any atom is -0.491 e. The number of hydrogen-bond donors (Lipinski definition) is 0. The molecule has 0 spiro atoms. The number of ether oxygens (including phenoxy) is 1.